The minimum atomic E-state index is 0.711. The van der Waals surface area contributed by atoms with Gasteiger partial charge in [0.15, 0.2) is 0 Å². The molecule has 2 nitrogen and oxygen atoms in total. The van der Waals surface area contributed by atoms with E-state index in [0.29, 0.717) is 6.04 Å². The summed E-state index contributed by atoms with van der Waals surface area (Å²) in [6.45, 7) is 7.96. The van der Waals surface area contributed by atoms with Crippen LogP contribution in [0.3, 0.4) is 0 Å². The van der Waals surface area contributed by atoms with Gasteiger partial charge in [0.2, 0.25) is 0 Å². The maximum atomic E-state index is 3.50. The van der Waals surface area contributed by atoms with E-state index in [1.165, 1.54) is 25.9 Å². The van der Waals surface area contributed by atoms with Crippen LogP contribution in [0.15, 0.2) is 0 Å². The number of nitrogens with one attached hydrogen (secondary N) is 2. The van der Waals surface area contributed by atoms with Crippen LogP contribution >= 0.6 is 0 Å². The van der Waals surface area contributed by atoms with E-state index in [1.54, 1.807) is 0 Å². The lowest BCUT2D eigenvalue weighted by atomic mass is 9.92. The molecule has 1 fully saturated rings. The molecule has 0 aliphatic carbocycles. The fourth-order valence-electron chi connectivity index (χ4n) is 1.72. The van der Waals surface area contributed by atoms with Crippen LogP contribution in [0, 0.1) is 5.92 Å². The normalized spacial score (nSPS) is 32.2. The third-order valence-electron chi connectivity index (χ3n) is 2.58. The Balaban J connectivity index is 2.18. The average Bonchev–Trinajstić information content (AvgIpc) is 2.03. The van der Waals surface area contributed by atoms with Crippen LogP contribution in [-0.4, -0.2) is 25.7 Å². The first-order valence-electron chi connectivity index (χ1n) is 4.78. The molecule has 0 aromatic heterocycles. The molecule has 1 aliphatic heterocycles. The number of rotatable bonds is 3. The lowest BCUT2D eigenvalue weighted by molar-refractivity contribution is 0.288. The molecule has 0 aromatic rings. The van der Waals surface area contributed by atoms with Gasteiger partial charge in [-0.2, -0.15) is 0 Å². The van der Waals surface area contributed by atoms with E-state index in [1.807, 2.05) is 0 Å². The van der Waals surface area contributed by atoms with Gasteiger partial charge in [-0.05, 0) is 45.3 Å². The van der Waals surface area contributed by atoms with Gasteiger partial charge in [-0.15, -0.1) is 0 Å². The highest BCUT2D eigenvalue weighted by Crippen LogP contribution is 2.14. The Hall–Kier alpha value is -0.0800. The van der Waals surface area contributed by atoms with Crippen LogP contribution < -0.4 is 10.6 Å². The molecule has 2 atom stereocenters. The maximum Gasteiger partial charge on any atom is 0.00791 e. The molecular weight excluding hydrogens is 136 g/mol. The first-order chi connectivity index (χ1) is 5.34. The quantitative estimate of drug-likeness (QED) is 0.636. The summed E-state index contributed by atoms with van der Waals surface area (Å²) in [7, 11) is 0. The zero-order valence-electron chi connectivity index (χ0n) is 7.69. The van der Waals surface area contributed by atoms with E-state index in [4.69, 9.17) is 0 Å². The van der Waals surface area contributed by atoms with Gasteiger partial charge in [-0.25, -0.2) is 0 Å². The molecule has 1 rings (SSSR count). The van der Waals surface area contributed by atoms with Crippen LogP contribution in [-0.2, 0) is 0 Å². The SMILES string of the molecule is CCNCC1CCCNC1C. The molecule has 2 heteroatoms. The highest BCUT2D eigenvalue weighted by atomic mass is 14.9. The second-order valence-corrected chi connectivity index (χ2v) is 3.45. The molecule has 0 bridgehead atoms. The standard InChI is InChI=1S/C9H20N2/c1-3-10-7-9-5-4-6-11-8(9)2/h8-11H,3-7H2,1-2H3. The number of piperidine rings is 1. The van der Waals surface area contributed by atoms with Gasteiger partial charge in [0.05, 0.1) is 0 Å². The fourth-order valence-corrected chi connectivity index (χ4v) is 1.72. The van der Waals surface area contributed by atoms with E-state index < -0.39 is 0 Å². The summed E-state index contributed by atoms with van der Waals surface area (Å²) in [6, 6.07) is 0.711. The Labute approximate surface area is 69.8 Å². The summed E-state index contributed by atoms with van der Waals surface area (Å²) >= 11 is 0. The highest BCUT2D eigenvalue weighted by Gasteiger charge is 2.19. The van der Waals surface area contributed by atoms with Crippen molar-refractivity contribution in [1.29, 1.82) is 0 Å². The summed E-state index contributed by atoms with van der Waals surface area (Å²) < 4.78 is 0. The predicted molar refractivity (Wildman–Crippen MR) is 48.7 cm³/mol. The van der Waals surface area contributed by atoms with Crippen molar-refractivity contribution >= 4 is 0 Å². The lowest BCUT2D eigenvalue weighted by Gasteiger charge is -2.29. The number of hydrogen-bond acceptors (Lipinski definition) is 2. The van der Waals surface area contributed by atoms with E-state index in [-0.39, 0.29) is 0 Å². The van der Waals surface area contributed by atoms with Crippen molar-refractivity contribution in [3.05, 3.63) is 0 Å². The Morgan fingerprint density at radius 3 is 3.00 bits per heavy atom. The summed E-state index contributed by atoms with van der Waals surface area (Å²) in [4.78, 5) is 0. The zero-order chi connectivity index (χ0) is 8.10. The van der Waals surface area contributed by atoms with E-state index in [0.717, 1.165) is 12.5 Å². The van der Waals surface area contributed by atoms with Crippen molar-refractivity contribution in [2.75, 3.05) is 19.6 Å². The molecule has 66 valence electrons. The molecular formula is C9H20N2. The predicted octanol–water partition coefficient (Wildman–Crippen LogP) is 0.984. The first-order valence-corrected chi connectivity index (χ1v) is 4.78. The molecule has 0 amide bonds. The summed E-state index contributed by atoms with van der Waals surface area (Å²) in [5, 5.41) is 6.91. The molecule has 0 aromatic carbocycles. The van der Waals surface area contributed by atoms with Crippen molar-refractivity contribution in [2.24, 2.45) is 5.92 Å². The maximum absolute atomic E-state index is 3.50. The van der Waals surface area contributed by atoms with Gasteiger partial charge in [-0.3, -0.25) is 0 Å². The Morgan fingerprint density at radius 1 is 1.55 bits per heavy atom. The van der Waals surface area contributed by atoms with Crippen molar-refractivity contribution in [3.63, 3.8) is 0 Å². The van der Waals surface area contributed by atoms with Crippen LogP contribution in [0.25, 0.3) is 0 Å². The van der Waals surface area contributed by atoms with Crippen molar-refractivity contribution in [3.8, 4) is 0 Å². The monoisotopic (exact) mass is 156 g/mol. The molecule has 0 saturated carbocycles. The second kappa shape index (κ2) is 4.73. The molecule has 2 N–H and O–H groups in total. The lowest BCUT2D eigenvalue weighted by Crippen LogP contribution is -2.43. The van der Waals surface area contributed by atoms with Crippen LogP contribution in [0.1, 0.15) is 26.7 Å². The van der Waals surface area contributed by atoms with E-state index in [9.17, 15) is 0 Å². The Morgan fingerprint density at radius 2 is 2.36 bits per heavy atom. The Bertz CT molecular complexity index is 104. The van der Waals surface area contributed by atoms with Gasteiger partial charge >= 0.3 is 0 Å². The van der Waals surface area contributed by atoms with Gasteiger partial charge in [-0.1, -0.05) is 6.92 Å². The topological polar surface area (TPSA) is 24.1 Å². The van der Waals surface area contributed by atoms with Crippen molar-refractivity contribution in [1.82, 2.24) is 10.6 Å². The van der Waals surface area contributed by atoms with Gasteiger partial charge in [0, 0.05) is 6.04 Å². The van der Waals surface area contributed by atoms with Crippen LogP contribution in [0.5, 0.6) is 0 Å². The van der Waals surface area contributed by atoms with E-state index in [2.05, 4.69) is 24.5 Å². The summed E-state index contributed by atoms with van der Waals surface area (Å²) in [5.41, 5.74) is 0. The third-order valence-corrected chi connectivity index (χ3v) is 2.58. The molecule has 1 aliphatic rings. The van der Waals surface area contributed by atoms with Gasteiger partial charge in [0.25, 0.3) is 0 Å². The van der Waals surface area contributed by atoms with E-state index >= 15 is 0 Å². The minimum Gasteiger partial charge on any atom is -0.317 e. The fraction of sp³-hybridized carbons (Fsp3) is 1.00. The van der Waals surface area contributed by atoms with Crippen LogP contribution in [0.4, 0.5) is 0 Å². The summed E-state index contributed by atoms with van der Waals surface area (Å²) in [6.07, 6.45) is 2.74. The number of hydrogen-bond donors (Lipinski definition) is 2. The molecule has 2 unspecified atom stereocenters. The smallest absolute Gasteiger partial charge is 0.00791 e. The second-order valence-electron chi connectivity index (χ2n) is 3.45. The third kappa shape index (κ3) is 2.80. The molecule has 11 heavy (non-hydrogen) atoms. The molecule has 0 spiro atoms. The highest BCUT2D eigenvalue weighted by molar-refractivity contribution is 4.78. The van der Waals surface area contributed by atoms with Gasteiger partial charge in [0.1, 0.15) is 0 Å². The largest absolute Gasteiger partial charge is 0.317 e. The van der Waals surface area contributed by atoms with Crippen molar-refractivity contribution < 1.29 is 0 Å². The summed E-state index contributed by atoms with van der Waals surface area (Å²) in [5.74, 6) is 0.851. The zero-order valence-corrected chi connectivity index (χ0v) is 7.69. The minimum absolute atomic E-state index is 0.711. The molecule has 1 saturated heterocycles. The van der Waals surface area contributed by atoms with Crippen LogP contribution in [0.2, 0.25) is 0 Å². The van der Waals surface area contributed by atoms with Crippen molar-refractivity contribution in [2.45, 2.75) is 32.7 Å². The molecule has 0 radical (unpaired) electrons. The first kappa shape index (κ1) is 9.01. The van der Waals surface area contributed by atoms with Gasteiger partial charge < -0.3 is 10.6 Å². The Kier molecular flexibility index (Phi) is 3.87. The average molecular weight is 156 g/mol. The molecule has 1 heterocycles.